The highest BCUT2D eigenvalue weighted by Crippen LogP contribution is 2.36. The van der Waals surface area contributed by atoms with Crippen LogP contribution in [0.15, 0.2) is 42.5 Å². The van der Waals surface area contributed by atoms with E-state index >= 15 is 0 Å². The van der Waals surface area contributed by atoms with E-state index in [0.717, 1.165) is 0 Å². The first-order chi connectivity index (χ1) is 11.6. The van der Waals surface area contributed by atoms with Crippen LogP contribution in [0.25, 0.3) is 0 Å². The topological polar surface area (TPSA) is 75.6 Å². The van der Waals surface area contributed by atoms with E-state index in [2.05, 4.69) is 5.32 Å². The maximum absolute atomic E-state index is 12.3. The monoisotopic (exact) mass is 325 g/mol. The van der Waals surface area contributed by atoms with E-state index in [-0.39, 0.29) is 17.2 Å². The van der Waals surface area contributed by atoms with Gasteiger partial charge in [-0.1, -0.05) is 18.6 Å². The number of hydrogen-bond acceptors (Lipinski definition) is 3. The SMILES string of the molecule is COc1cc(NC(=O)c2ccc(C3CCC3)cc2)ccc1C(=O)O. The van der Waals surface area contributed by atoms with Crippen LogP contribution >= 0.6 is 0 Å². The number of nitrogens with one attached hydrogen (secondary N) is 1. The molecule has 1 saturated carbocycles. The molecule has 0 radical (unpaired) electrons. The zero-order valence-corrected chi connectivity index (χ0v) is 13.4. The highest BCUT2D eigenvalue weighted by molar-refractivity contribution is 6.04. The fraction of sp³-hybridized carbons (Fsp3) is 0.263. The molecule has 5 heteroatoms. The molecule has 0 aliphatic heterocycles. The predicted octanol–water partition coefficient (Wildman–Crippen LogP) is 3.91. The van der Waals surface area contributed by atoms with Gasteiger partial charge >= 0.3 is 5.97 Å². The third-order valence-electron chi connectivity index (χ3n) is 4.44. The van der Waals surface area contributed by atoms with Crippen molar-refractivity contribution in [2.75, 3.05) is 12.4 Å². The van der Waals surface area contributed by atoms with Crippen LogP contribution in [0.3, 0.4) is 0 Å². The Kier molecular flexibility index (Phi) is 4.51. The van der Waals surface area contributed by atoms with Gasteiger partial charge in [-0.05, 0) is 48.6 Å². The molecule has 1 fully saturated rings. The second-order valence-electron chi connectivity index (χ2n) is 5.92. The Morgan fingerprint density at radius 2 is 1.83 bits per heavy atom. The minimum atomic E-state index is -1.07. The van der Waals surface area contributed by atoms with E-state index in [1.165, 1.54) is 44.1 Å². The number of rotatable bonds is 5. The van der Waals surface area contributed by atoms with Gasteiger partial charge in [-0.2, -0.15) is 0 Å². The van der Waals surface area contributed by atoms with Gasteiger partial charge in [0.15, 0.2) is 0 Å². The summed E-state index contributed by atoms with van der Waals surface area (Å²) in [5.74, 6) is -0.466. The van der Waals surface area contributed by atoms with E-state index < -0.39 is 5.97 Å². The molecule has 0 saturated heterocycles. The minimum absolute atomic E-state index is 0.0559. The maximum Gasteiger partial charge on any atom is 0.339 e. The van der Waals surface area contributed by atoms with Gasteiger partial charge < -0.3 is 15.2 Å². The maximum atomic E-state index is 12.3. The number of carboxylic acids is 1. The van der Waals surface area contributed by atoms with Gasteiger partial charge in [0.25, 0.3) is 5.91 Å². The Morgan fingerprint density at radius 3 is 2.38 bits per heavy atom. The molecule has 1 aliphatic rings. The number of hydrogen-bond donors (Lipinski definition) is 2. The summed E-state index contributed by atoms with van der Waals surface area (Å²) in [6, 6.07) is 12.1. The molecular formula is C19H19NO4. The average molecular weight is 325 g/mol. The number of carboxylic acid groups (broad SMARTS) is 1. The molecule has 2 aromatic carbocycles. The highest BCUT2D eigenvalue weighted by Gasteiger charge is 2.19. The summed E-state index contributed by atoms with van der Waals surface area (Å²) in [4.78, 5) is 23.4. The Hall–Kier alpha value is -2.82. The summed E-state index contributed by atoms with van der Waals surface area (Å²) in [5, 5.41) is 11.8. The fourth-order valence-corrected chi connectivity index (χ4v) is 2.80. The van der Waals surface area contributed by atoms with Crippen molar-refractivity contribution in [2.24, 2.45) is 0 Å². The third-order valence-corrected chi connectivity index (χ3v) is 4.44. The molecule has 0 unspecified atom stereocenters. The van der Waals surface area contributed by atoms with Crippen LogP contribution in [-0.2, 0) is 0 Å². The first kappa shape index (κ1) is 16.1. The van der Waals surface area contributed by atoms with Gasteiger partial charge in [0.1, 0.15) is 11.3 Å². The van der Waals surface area contributed by atoms with Crippen LogP contribution in [0.4, 0.5) is 5.69 Å². The molecule has 124 valence electrons. The first-order valence-electron chi connectivity index (χ1n) is 7.91. The molecule has 1 aliphatic carbocycles. The fourth-order valence-electron chi connectivity index (χ4n) is 2.80. The molecule has 5 nitrogen and oxygen atoms in total. The molecule has 3 rings (SSSR count). The van der Waals surface area contributed by atoms with Crippen LogP contribution in [0.1, 0.15) is 51.5 Å². The smallest absolute Gasteiger partial charge is 0.339 e. The zero-order chi connectivity index (χ0) is 17.1. The summed E-state index contributed by atoms with van der Waals surface area (Å²) in [5.41, 5.74) is 2.40. The van der Waals surface area contributed by atoms with Gasteiger partial charge in [-0.25, -0.2) is 4.79 Å². The summed E-state index contributed by atoms with van der Waals surface area (Å²) in [6.07, 6.45) is 3.73. The van der Waals surface area contributed by atoms with Crippen molar-refractivity contribution in [1.29, 1.82) is 0 Å². The molecule has 0 heterocycles. The summed E-state index contributed by atoms with van der Waals surface area (Å²) >= 11 is 0. The predicted molar refractivity (Wildman–Crippen MR) is 90.9 cm³/mol. The molecular weight excluding hydrogens is 306 g/mol. The van der Waals surface area contributed by atoms with Crippen LogP contribution < -0.4 is 10.1 Å². The lowest BCUT2D eigenvalue weighted by Crippen LogP contribution is -2.13. The normalized spacial score (nSPS) is 13.9. The summed E-state index contributed by atoms with van der Waals surface area (Å²) in [7, 11) is 1.40. The molecule has 24 heavy (non-hydrogen) atoms. The lowest BCUT2D eigenvalue weighted by atomic mass is 9.80. The lowest BCUT2D eigenvalue weighted by molar-refractivity contribution is 0.0693. The highest BCUT2D eigenvalue weighted by atomic mass is 16.5. The molecule has 0 spiro atoms. The average Bonchev–Trinajstić information content (AvgIpc) is 2.53. The van der Waals surface area contributed by atoms with Gasteiger partial charge in [0, 0.05) is 17.3 Å². The van der Waals surface area contributed by atoms with Crippen molar-refractivity contribution in [3.63, 3.8) is 0 Å². The number of aromatic carboxylic acids is 1. The summed E-state index contributed by atoms with van der Waals surface area (Å²) in [6.45, 7) is 0. The van der Waals surface area contributed by atoms with Gasteiger partial charge in [-0.15, -0.1) is 0 Å². The van der Waals surface area contributed by atoms with Crippen LogP contribution in [0.5, 0.6) is 5.75 Å². The molecule has 0 bridgehead atoms. The second kappa shape index (κ2) is 6.74. The van der Waals surface area contributed by atoms with Crippen molar-refractivity contribution in [3.8, 4) is 5.75 Å². The van der Waals surface area contributed by atoms with Gasteiger partial charge in [-0.3, -0.25) is 4.79 Å². The minimum Gasteiger partial charge on any atom is -0.496 e. The molecule has 0 atom stereocenters. The molecule has 1 amide bonds. The van der Waals surface area contributed by atoms with E-state index in [4.69, 9.17) is 9.84 Å². The largest absolute Gasteiger partial charge is 0.496 e. The van der Waals surface area contributed by atoms with E-state index in [9.17, 15) is 9.59 Å². The Labute approximate surface area is 140 Å². The number of amides is 1. The van der Waals surface area contributed by atoms with Crippen LogP contribution in [0, 0.1) is 0 Å². The second-order valence-corrected chi connectivity index (χ2v) is 5.92. The van der Waals surface area contributed by atoms with Gasteiger partial charge in [0.2, 0.25) is 0 Å². The van der Waals surface area contributed by atoms with E-state index in [1.807, 2.05) is 24.3 Å². The Morgan fingerprint density at radius 1 is 1.12 bits per heavy atom. The van der Waals surface area contributed by atoms with Crippen molar-refractivity contribution < 1.29 is 19.4 Å². The van der Waals surface area contributed by atoms with Crippen molar-refractivity contribution >= 4 is 17.6 Å². The number of benzene rings is 2. The quantitative estimate of drug-likeness (QED) is 0.874. The van der Waals surface area contributed by atoms with E-state index in [1.54, 1.807) is 6.07 Å². The molecule has 2 aromatic rings. The zero-order valence-electron chi connectivity index (χ0n) is 13.4. The van der Waals surface area contributed by atoms with Crippen molar-refractivity contribution in [3.05, 3.63) is 59.2 Å². The van der Waals surface area contributed by atoms with E-state index in [0.29, 0.717) is 17.2 Å². The number of methoxy groups -OCH3 is 1. The number of ether oxygens (including phenoxy) is 1. The first-order valence-corrected chi connectivity index (χ1v) is 7.91. The van der Waals surface area contributed by atoms with Crippen molar-refractivity contribution in [2.45, 2.75) is 25.2 Å². The Bertz CT molecular complexity index is 763. The number of carbonyl (C=O) groups excluding carboxylic acids is 1. The molecule has 2 N–H and O–H groups in total. The number of carbonyl (C=O) groups is 2. The van der Waals surface area contributed by atoms with Crippen LogP contribution in [-0.4, -0.2) is 24.1 Å². The van der Waals surface area contributed by atoms with Gasteiger partial charge in [0.05, 0.1) is 7.11 Å². The summed E-state index contributed by atoms with van der Waals surface area (Å²) < 4.78 is 5.06. The lowest BCUT2D eigenvalue weighted by Gasteiger charge is -2.25. The van der Waals surface area contributed by atoms with Crippen LogP contribution in [0.2, 0.25) is 0 Å². The Balaban J connectivity index is 1.73. The van der Waals surface area contributed by atoms with Crippen molar-refractivity contribution in [1.82, 2.24) is 0 Å². The number of anilines is 1. The third kappa shape index (κ3) is 3.25. The standard InChI is InChI=1S/C19H19NO4/c1-24-17-11-15(9-10-16(17)19(22)23)20-18(21)14-7-5-13(6-8-14)12-3-2-4-12/h5-12H,2-4H2,1H3,(H,20,21)(H,22,23). The molecule has 0 aromatic heterocycles.